The molecule has 0 aromatic carbocycles. The Hall–Kier alpha value is -1.40. The van der Waals surface area contributed by atoms with E-state index in [1.807, 2.05) is 6.92 Å². The van der Waals surface area contributed by atoms with Gasteiger partial charge < -0.3 is 14.6 Å². The summed E-state index contributed by atoms with van der Waals surface area (Å²) in [5.74, 6) is 0.0109. The SMILES string of the molecule is CN(C)C(=O)[C@@]1(C)CN(Cc2cnc[nH]2)CCO1. The number of aromatic nitrogens is 2. The zero-order valence-corrected chi connectivity index (χ0v) is 11.1. The van der Waals surface area contributed by atoms with E-state index in [0.717, 1.165) is 18.8 Å². The molecule has 0 radical (unpaired) electrons. The number of carbonyl (C=O) groups is 1. The topological polar surface area (TPSA) is 61.5 Å². The number of imidazole rings is 1. The third-order valence-corrected chi connectivity index (χ3v) is 3.16. The number of carbonyl (C=O) groups excluding carboxylic acids is 1. The Kier molecular flexibility index (Phi) is 3.68. The highest BCUT2D eigenvalue weighted by molar-refractivity contribution is 5.84. The van der Waals surface area contributed by atoms with Gasteiger partial charge in [-0.2, -0.15) is 0 Å². The minimum Gasteiger partial charge on any atom is -0.363 e. The minimum atomic E-state index is -0.748. The number of morpholine rings is 1. The summed E-state index contributed by atoms with van der Waals surface area (Å²) in [4.78, 5) is 23.0. The number of aromatic amines is 1. The van der Waals surface area contributed by atoms with Crippen LogP contribution < -0.4 is 0 Å². The molecule has 1 saturated heterocycles. The zero-order chi connectivity index (χ0) is 13.2. The molecular weight excluding hydrogens is 232 g/mol. The van der Waals surface area contributed by atoms with Crippen molar-refractivity contribution in [2.24, 2.45) is 0 Å². The standard InChI is InChI=1S/C12H20N4O2/c1-12(11(17)15(2)3)8-16(4-5-18-12)7-10-6-13-9-14-10/h6,9H,4-5,7-8H2,1-3H3,(H,13,14)/t12-/m1/s1. The molecule has 1 amide bonds. The van der Waals surface area contributed by atoms with Crippen LogP contribution in [-0.4, -0.2) is 65.1 Å². The maximum Gasteiger partial charge on any atom is 0.255 e. The van der Waals surface area contributed by atoms with Crippen molar-refractivity contribution in [3.63, 3.8) is 0 Å². The van der Waals surface area contributed by atoms with E-state index >= 15 is 0 Å². The number of nitrogens with one attached hydrogen (secondary N) is 1. The van der Waals surface area contributed by atoms with Gasteiger partial charge in [0, 0.05) is 45.6 Å². The lowest BCUT2D eigenvalue weighted by Gasteiger charge is -2.40. The van der Waals surface area contributed by atoms with Gasteiger partial charge in [-0.15, -0.1) is 0 Å². The third kappa shape index (κ3) is 2.70. The van der Waals surface area contributed by atoms with E-state index in [2.05, 4.69) is 14.9 Å². The summed E-state index contributed by atoms with van der Waals surface area (Å²) >= 11 is 0. The van der Waals surface area contributed by atoms with Crippen LogP contribution >= 0.6 is 0 Å². The van der Waals surface area contributed by atoms with Crippen LogP contribution in [0, 0.1) is 0 Å². The van der Waals surface area contributed by atoms with Crippen LogP contribution in [0.25, 0.3) is 0 Å². The van der Waals surface area contributed by atoms with E-state index in [4.69, 9.17) is 4.74 Å². The lowest BCUT2D eigenvalue weighted by atomic mass is 10.0. The van der Waals surface area contributed by atoms with E-state index in [1.165, 1.54) is 0 Å². The fourth-order valence-corrected chi connectivity index (χ4v) is 2.30. The molecule has 6 nitrogen and oxygen atoms in total. The first-order chi connectivity index (χ1) is 8.51. The van der Waals surface area contributed by atoms with Gasteiger partial charge >= 0.3 is 0 Å². The molecule has 1 aliphatic heterocycles. The second-order valence-corrected chi connectivity index (χ2v) is 5.07. The van der Waals surface area contributed by atoms with Gasteiger partial charge in [0.1, 0.15) is 0 Å². The first-order valence-corrected chi connectivity index (χ1v) is 6.06. The first kappa shape index (κ1) is 13.0. The van der Waals surface area contributed by atoms with E-state index in [-0.39, 0.29) is 5.91 Å². The molecule has 0 bridgehead atoms. The second-order valence-electron chi connectivity index (χ2n) is 5.07. The van der Waals surface area contributed by atoms with Crippen LogP contribution in [0.1, 0.15) is 12.6 Å². The normalized spacial score (nSPS) is 25.1. The van der Waals surface area contributed by atoms with Gasteiger partial charge in [0.05, 0.1) is 12.9 Å². The molecule has 0 unspecified atom stereocenters. The summed E-state index contributed by atoms with van der Waals surface area (Å²) in [6.07, 6.45) is 3.47. The Morgan fingerprint density at radius 2 is 2.44 bits per heavy atom. The van der Waals surface area contributed by atoms with Crippen molar-refractivity contribution < 1.29 is 9.53 Å². The fraction of sp³-hybridized carbons (Fsp3) is 0.667. The Bertz CT molecular complexity index is 404. The maximum absolute atomic E-state index is 12.1. The molecule has 2 heterocycles. The Morgan fingerprint density at radius 3 is 3.06 bits per heavy atom. The van der Waals surface area contributed by atoms with Crippen molar-refractivity contribution in [2.75, 3.05) is 33.8 Å². The van der Waals surface area contributed by atoms with Gasteiger partial charge in [-0.3, -0.25) is 9.69 Å². The highest BCUT2D eigenvalue weighted by atomic mass is 16.5. The molecule has 0 aliphatic carbocycles. The second kappa shape index (κ2) is 5.07. The lowest BCUT2D eigenvalue weighted by Crippen LogP contribution is -2.57. The van der Waals surface area contributed by atoms with Gasteiger partial charge in [0.15, 0.2) is 5.60 Å². The number of ether oxygens (including phenoxy) is 1. The molecule has 1 atom stereocenters. The first-order valence-electron chi connectivity index (χ1n) is 6.06. The maximum atomic E-state index is 12.1. The molecule has 6 heteroatoms. The summed E-state index contributed by atoms with van der Waals surface area (Å²) in [7, 11) is 3.51. The van der Waals surface area contributed by atoms with E-state index in [9.17, 15) is 4.79 Å². The minimum absolute atomic E-state index is 0.0109. The molecule has 1 aliphatic rings. The summed E-state index contributed by atoms with van der Waals surface area (Å²) in [5.41, 5.74) is 0.304. The van der Waals surface area contributed by atoms with Crippen LogP contribution in [-0.2, 0) is 16.1 Å². The van der Waals surface area contributed by atoms with Gasteiger partial charge in [-0.25, -0.2) is 4.98 Å². The molecule has 1 N–H and O–H groups in total. The van der Waals surface area contributed by atoms with Crippen LogP contribution in [0.4, 0.5) is 0 Å². The monoisotopic (exact) mass is 252 g/mol. The molecule has 18 heavy (non-hydrogen) atoms. The number of H-pyrrole nitrogens is 1. The molecule has 0 spiro atoms. The summed E-state index contributed by atoms with van der Waals surface area (Å²) in [6, 6.07) is 0. The largest absolute Gasteiger partial charge is 0.363 e. The van der Waals surface area contributed by atoms with E-state index < -0.39 is 5.60 Å². The quantitative estimate of drug-likeness (QED) is 0.828. The van der Waals surface area contributed by atoms with Crippen molar-refractivity contribution in [1.29, 1.82) is 0 Å². The number of hydrogen-bond donors (Lipinski definition) is 1. The lowest BCUT2D eigenvalue weighted by molar-refractivity contribution is -0.165. The number of hydrogen-bond acceptors (Lipinski definition) is 4. The average molecular weight is 252 g/mol. The fourth-order valence-electron chi connectivity index (χ4n) is 2.30. The highest BCUT2D eigenvalue weighted by Crippen LogP contribution is 2.20. The summed E-state index contributed by atoms with van der Waals surface area (Å²) < 4.78 is 5.68. The van der Waals surface area contributed by atoms with Crippen LogP contribution in [0.2, 0.25) is 0 Å². The average Bonchev–Trinajstić information content (AvgIpc) is 2.80. The number of likely N-dealkylation sites (N-methyl/N-ethyl adjacent to an activating group) is 1. The molecule has 100 valence electrons. The summed E-state index contributed by atoms with van der Waals surface area (Å²) in [6.45, 7) is 4.62. The predicted octanol–water partition coefficient (Wildman–Crippen LogP) is 0.0888. The van der Waals surface area contributed by atoms with Crippen molar-refractivity contribution in [3.8, 4) is 0 Å². The summed E-state index contributed by atoms with van der Waals surface area (Å²) in [5, 5.41) is 0. The zero-order valence-electron chi connectivity index (χ0n) is 11.1. The van der Waals surface area contributed by atoms with E-state index in [1.54, 1.807) is 31.5 Å². The molecule has 1 aromatic heterocycles. The molecule has 1 fully saturated rings. The van der Waals surface area contributed by atoms with Gasteiger partial charge in [-0.1, -0.05) is 0 Å². The van der Waals surface area contributed by atoms with Gasteiger partial charge in [-0.05, 0) is 6.92 Å². The smallest absolute Gasteiger partial charge is 0.255 e. The highest BCUT2D eigenvalue weighted by Gasteiger charge is 2.40. The van der Waals surface area contributed by atoms with Crippen molar-refractivity contribution in [3.05, 3.63) is 18.2 Å². The van der Waals surface area contributed by atoms with Crippen LogP contribution in [0.5, 0.6) is 0 Å². The Balaban J connectivity index is 2.01. The van der Waals surface area contributed by atoms with Crippen molar-refractivity contribution in [2.45, 2.75) is 19.1 Å². The van der Waals surface area contributed by atoms with Crippen LogP contribution in [0.15, 0.2) is 12.5 Å². The number of amides is 1. The van der Waals surface area contributed by atoms with Crippen LogP contribution in [0.3, 0.4) is 0 Å². The predicted molar refractivity (Wildman–Crippen MR) is 66.9 cm³/mol. The van der Waals surface area contributed by atoms with Crippen molar-refractivity contribution in [1.82, 2.24) is 19.8 Å². The molecule has 0 saturated carbocycles. The number of nitrogens with zero attached hydrogens (tertiary/aromatic N) is 3. The Labute approximate surface area is 107 Å². The third-order valence-electron chi connectivity index (χ3n) is 3.16. The van der Waals surface area contributed by atoms with E-state index in [0.29, 0.717) is 13.2 Å². The Morgan fingerprint density at radius 1 is 1.67 bits per heavy atom. The molecule has 1 aromatic rings. The van der Waals surface area contributed by atoms with Crippen molar-refractivity contribution >= 4 is 5.91 Å². The van der Waals surface area contributed by atoms with Gasteiger partial charge in [0.25, 0.3) is 5.91 Å². The molecular formula is C12H20N4O2. The van der Waals surface area contributed by atoms with Gasteiger partial charge in [0.2, 0.25) is 0 Å². The number of rotatable bonds is 3. The molecule has 2 rings (SSSR count).